The fourth-order valence-electron chi connectivity index (χ4n) is 2.11. The highest BCUT2D eigenvalue weighted by Crippen LogP contribution is 2.35. The number of allylic oxidation sites excluding steroid dienone is 1. The van der Waals surface area contributed by atoms with Crippen molar-refractivity contribution >= 4 is 17.4 Å². The monoisotopic (exact) mass is 229 g/mol. The van der Waals surface area contributed by atoms with E-state index in [2.05, 4.69) is 5.32 Å². The number of fused-ring (bicyclic) bond motifs is 1. The van der Waals surface area contributed by atoms with E-state index < -0.39 is 5.41 Å². The summed E-state index contributed by atoms with van der Waals surface area (Å²) in [4.78, 5) is 24.5. The largest absolute Gasteiger partial charge is 0.325 e. The third-order valence-corrected chi connectivity index (χ3v) is 3.19. The first-order valence-electron chi connectivity index (χ1n) is 5.60. The zero-order valence-electron chi connectivity index (χ0n) is 10.2. The van der Waals surface area contributed by atoms with Gasteiger partial charge in [0.1, 0.15) is 0 Å². The van der Waals surface area contributed by atoms with Gasteiger partial charge in [-0.1, -0.05) is 18.2 Å². The fraction of sp³-hybridized carbons (Fsp3) is 0.286. The van der Waals surface area contributed by atoms with Crippen LogP contribution in [0.3, 0.4) is 0 Å². The van der Waals surface area contributed by atoms with Crippen molar-refractivity contribution in [2.45, 2.75) is 20.8 Å². The molecule has 0 radical (unpaired) electrons. The molecule has 3 nitrogen and oxygen atoms in total. The molecule has 0 saturated carbocycles. The molecule has 0 aliphatic carbocycles. The van der Waals surface area contributed by atoms with Crippen LogP contribution in [0.15, 0.2) is 35.9 Å². The lowest BCUT2D eigenvalue weighted by molar-refractivity contribution is -0.122. The predicted octanol–water partition coefficient (Wildman–Crippen LogP) is 2.79. The molecule has 1 aliphatic rings. The highest BCUT2D eigenvalue weighted by atomic mass is 16.2. The molecule has 1 aliphatic heterocycles. The molecule has 1 aromatic carbocycles. The maximum atomic E-state index is 12.4. The first-order valence-corrected chi connectivity index (χ1v) is 5.60. The molecule has 1 aromatic rings. The predicted molar refractivity (Wildman–Crippen MR) is 66.9 cm³/mol. The Balaban J connectivity index is 2.68. The SMILES string of the molecule is C/C=C1/C(=O)c2ccccc2NC(=O)C1(C)C. The molecule has 0 fully saturated rings. The zero-order valence-corrected chi connectivity index (χ0v) is 10.2. The summed E-state index contributed by atoms with van der Waals surface area (Å²) >= 11 is 0. The number of amides is 1. The van der Waals surface area contributed by atoms with E-state index in [4.69, 9.17) is 0 Å². The average Bonchev–Trinajstić information content (AvgIpc) is 2.35. The summed E-state index contributed by atoms with van der Waals surface area (Å²) in [6.45, 7) is 5.32. The lowest BCUT2D eigenvalue weighted by Gasteiger charge is -2.22. The number of carbonyl (C=O) groups is 2. The number of Topliss-reactive ketones (excluding diaryl/α,β-unsaturated/α-hetero) is 1. The molecule has 2 rings (SSSR count). The van der Waals surface area contributed by atoms with Gasteiger partial charge in [0.05, 0.1) is 11.1 Å². The summed E-state index contributed by atoms with van der Waals surface area (Å²) in [5.41, 5.74) is 0.886. The van der Waals surface area contributed by atoms with Crippen LogP contribution in [-0.2, 0) is 4.79 Å². The molecule has 0 aromatic heterocycles. The van der Waals surface area contributed by atoms with Gasteiger partial charge in [-0.2, -0.15) is 0 Å². The summed E-state index contributed by atoms with van der Waals surface area (Å²) in [5.74, 6) is -0.227. The Labute approximate surface area is 101 Å². The standard InChI is InChI=1S/C14H15NO2/c1-4-10-12(16)9-7-5-6-8-11(9)15-13(17)14(10,2)3/h4-8H,1-3H3,(H,15,17)/b10-4-. The van der Waals surface area contributed by atoms with Gasteiger partial charge in [0.2, 0.25) is 5.91 Å². The highest BCUT2D eigenvalue weighted by Gasteiger charge is 2.39. The Morgan fingerprint density at radius 2 is 1.82 bits per heavy atom. The Kier molecular flexibility index (Phi) is 2.62. The van der Waals surface area contributed by atoms with Gasteiger partial charge in [0.25, 0.3) is 0 Å². The molecule has 0 atom stereocenters. The number of ketones is 1. The minimum Gasteiger partial charge on any atom is -0.325 e. The van der Waals surface area contributed by atoms with Gasteiger partial charge in [0.15, 0.2) is 5.78 Å². The van der Waals surface area contributed by atoms with Crippen LogP contribution in [-0.4, -0.2) is 11.7 Å². The average molecular weight is 229 g/mol. The number of anilines is 1. The summed E-state index contributed by atoms with van der Waals surface area (Å²) in [7, 11) is 0. The lowest BCUT2D eigenvalue weighted by atomic mass is 9.80. The first-order chi connectivity index (χ1) is 7.98. The normalized spacial score (nSPS) is 20.8. The Hall–Kier alpha value is -1.90. The minimum absolute atomic E-state index is 0.0774. The van der Waals surface area contributed by atoms with Gasteiger partial charge < -0.3 is 5.32 Å². The van der Waals surface area contributed by atoms with Crippen molar-refractivity contribution in [3.05, 3.63) is 41.5 Å². The molecule has 0 saturated heterocycles. The van der Waals surface area contributed by atoms with Gasteiger partial charge >= 0.3 is 0 Å². The molecule has 3 heteroatoms. The van der Waals surface area contributed by atoms with E-state index in [9.17, 15) is 9.59 Å². The van der Waals surface area contributed by atoms with E-state index in [0.717, 1.165) is 0 Å². The summed E-state index contributed by atoms with van der Waals surface area (Å²) < 4.78 is 0. The van der Waals surface area contributed by atoms with Gasteiger partial charge in [0, 0.05) is 11.1 Å². The molecule has 88 valence electrons. The van der Waals surface area contributed by atoms with Crippen molar-refractivity contribution in [1.82, 2.24) is 0 Å². The third kappa shape index (κ3) is 1.68. The maximum Gasteiger partial charge on any atom is 0.234 e. The number of hydrogen-bond donors (Lipinski definition) is 1. The van der Waals surface area contributed by atoms with Crippen molar-refractivity contribution in [1.29, 1.82) is 0 Å². The van der Waals surface area contributed by atoms with E-state index in [-0.39, 0.29) is 11.7 Å². The number of para-hydroxylation sites is 1. The molecule has 0 bridgehead atoms. The molecule has 17 heavy (non-hydrogen) atoms. The van der Waals surface area contributed by atoms with Crippen molar-refractivity contribution in [2.24, 2.45) is 5.41 Å². The second-order valence-corrected chi connectivity index (χ2v) is 4.66. The second-order valence-electron chi connectivity index (χ2n) is 4.66. The number of benzene rings is 1. The summed E-state index contributed by atoms with van der Waals surface area (Å²) in [6, 6.07) is 7.09. The molecule has 1 heterocycles. The molecular weight excluding hydrogens is 214 g/mol. The topological polar surface area (TPSA) is 46.2 Å². The van der Waals surface area contributed by atoms with Crippen LogP contribution in [0, 0.1) is 5.41 Å². The second kappa shape index (κ2) is 3.84. The number of carbonyl (C=O) groups excluding carboxylic acids is 2. The number of nitrogens with one attached hydrogen (secondary N) is 1. The van der Waals surface area contributed by atoms with Gasteiger partial charge in [-0.15, -0.1) is 0 Å². The van der Waals surface area contributed by atoms with Crippen LogP contribution < -0.4 is 5.32 Å². The maximum absolute atomic E-state index is 12.4. The highest BCUT2D eigenvalue weighted by molar-refractivity contribution is 6.20. The fourth-order valence-corrected chi connectivity index (χ4v) is 2.11. The smallest absolute Gasteiger partial charge is 0.234 e. The van der Waals surface area contributed by atoms with Crippen molar-refractivity contribution in [3.63, 3.8) is 0 Å². The van der Waals surface area contributed by atoms with Crippen LogP contribution in [0.2, 0.25) is 0 Å². The van der Waals surface area contributed by atoms with Gasteiger partial charge in [-0.3, -0.25) is 9.59 Å². The van der Waals surface area contributed by atoms with Crippen LogP contribution in [0.4, 0.5) is 5.69 Å². The van der Waals surface area contributed by atoms with E-state index in [0.29, 0.717) is 16.8 Å². The van der Waals surface area contributed by atoms with E-state index in [1.54, 1.807) is 51.1 Å². The Morgan fingerprint density at radius 1 is 1.18 bits per heavy atom. The van der Waals surface area contributed by atoms with Crippen LogP contribution in [0.5, 0.6) is 0 Å². The minimum atomic E-state index is -0.801. The van der Waals surface area contributed by atoms with E-state index in [1.165, 1.54) is 0 Å². The summed E-state index contributed by atoms with van der Waals surface area (Å²) in [6.07, 6.45) is 1.73. The lowest BCUT2D eigenvalue weighted by Crippen LogP contribution is -2.32. The molecular formula is C14H15NO2. The number of hydrogen-bond acceptors (Lipinski definition) is 2. The van der Waals surface area contributed by atoms with Crippen molar-refractivity contribution in [2.75, 3.05) is 5.32 Å². The molecule has 1 amide bonds. The number of rotatable bonds is 0. The Bertz CT molecular complexity index is 527. The van der Waals surface area contributed by atoms with Crippen molar-refractivity contribution < 1.29 is 9.59 Å². The molecule has 0 unspecified atom stereocenters. The van der Waals surface area contributed by atoms with Crippen LogP contribution in [0.25, 0.3) is 0 Å². The molecule has 1 N–H and O–H groups in total. The van der Waals surface area contributed by atoms with Gasteiger partial charge in [-0.25, -0.2) is 0 Å². The quantitative estimate of drug-likeness (QED) is 0.695. The first kappa shape index (κ1) is 11.6. The van der Waals surface area contributed by atoms with Gasteiger partial charge in [-0.05, 0) is 32.9 Å². The molecule has 0 spiro atoms. The Morgan fingerprint density at radius 3 is 2.47 bits per heavy atom. The summed E-state index contributed by atoms with van der Waals surface area (Å²) in [5, 5.41) is 2.81. The third-order valence-electron chi connectivity index (χ3n) is 3.19. The van der Waals surface area contributed by atoms with Crippen LogP contribution in [0.1, 0.15) is 31.1 Å². The zero-order chi connectivity index (χ0) is 12.6. The van der Waals surface area contributed by atoms with Crippen LogP contribution >= 0.6 is 0 Å². The van der Waals surface area contributed by atoms with E-state index in [1.807, 2.05) is 0 Å². The van der Waals surface area contributed by atoms with Crippen molar-refractivity contribution in [3.8, 4) is 0 Å². The van der Waals surface area contributed by atoms with E-state index >= 15 is 0 Å².